The molecule has 34 heavy (non-hydrogen) atoms. The molecule has 0 saturated heterocycles. The van der Waals surface area contributed by atoms with Gasteiger partial charge in [-0.2, -0.15) is 8.42 Å². The number of aromatic nitrogens is 1. The highest BCUT2D eigenvalue weighted by Gasteiger charge is 2.20. The molecule has 0 fully saturated rings. The number of rotatable bonds is 11. The van der Waals surface area contributed by atoms with Crippen LogP contribution in [0, 0.1) is 0 Å². The van der Waals surface area contributed by atoms with Crippen molar-refractivity contribution in [2.24, 2.45) is 0 Å². The summed E-state index contributed by atoms with van der Waals surface area (Å²) in [5.74, 6) is 1.02. The molecule has 178 valence electrons. The van der Waals surface area contributed by atoms with Crippen LogP contribution in [0.25, 0.3) is 28.1 Å². The first-order valence-electron chi connectivity index (χ1n) is 11.7. The van der Waals surface area contributed by atoms with Gasteiger partial charge in [0.1, 0.15) is 4.90 Å². The number of hydrogen-bond donors (Lipinski definition) is 0. The van der Waals surface area contributed by atoms with Crippen LogP contribution in [0.3, 0.4) is 0 Å². The summed E-state index contributed by atoms with van der Waals surface area (Å²) in [6.07, 6.45) is 7.50. The molecule has 0 N–H and O–H groups in total. The molecule has 0 radical (unpaired) electrons. The van der Waals surface area contributed by atoms with Gasteiger partial charge in [0.15, 0.2) is 0 Å². The number of hydrogen-bond acceptors (Lipinski definition) is 5. The highest BCUT2D eigenvalue weighted by Crippen LogP contribution is 2.32. The smallest absolute Gasteiger partial charge is 0.280 e. The zero-order valence-corrected chi connectivity index (χ0v) is 21.0. The van der Waals surface area contributed by atoms with E-state index in [0.717, 1.165) is 32.6 Å². The summed E-state index contributed by atoms with van der Waals surface area (Å²) < 4.78 is 31.6. The van der Waals surface area contributed by atoms with Gasteiger partial charge in [-0.05, 0) is 41.8 Å². The van der Waals surface area contributed by atoms with E-state index in [1.54, 1.807) is 36.0 Å². The Morgan fingerprint density at radius 2 is 1.56 bits per heavy atom. The molecule has 4 rings (SSSR count). The monoisotopic (exact) mass is 495 g/mol. The van der Waals surface area contributed by atoms with Crippen LogP contribution in [0.4, 0.5) is 0 Å². The van der Waals surface area contributed by atoms with Gasteiger partial charge >= 0.3 is 10.1 Å². The molecule has 7 heteroatoms. The second kappa shape index (κ2) is 10.7. The SMILES string of the molecule is C=c1c2cccc3c(SCCCCCCCC)ccc(c(=O)n1OS(=O)(=O)c1ccccc1)c32. The number of pyridine rings is 1. The molecular weight excluding hydrogens is 466 g/mol. The molecular formula is C27H29NO4S2. The number of nitrogens with zero attached hydrogens (tertiary/aromatic N) is 1. The molecule has 0 amide bonds. The fourth-order valence-electron chi connectivity index (χ4n) is 4.14. The van der Waals surface area contributed by atoms with Gasteiger partial charge in [-0.25, -0.2) is 0 Å². The van der Waals surface area contributed by atoms with Crippen molar-refractivity contribution >= 4 is 50.0 Å². The summed E-state index contributed by atoms with van der Waals surface area (Å²) >= 11 is 1.79. The van der Waals surface area contributed by atoms with Crippen LogP contribution >= 0.6 is 11.8 Å². The third kappa shape index (κ3) is 5.00. The Morgan fingerprint density at radius 3 is 2.32 bits per heavy atom. The third-order valence-corrected chi connectivity index (χ3v) is 8.29. The van der Waals surface area contributed by atoms with Crippen LogP contribution in [-0.4, -0.2) is 18.9 Å². The Hall–Kier alpha value is -2.77. The van der Waals surface area contributed by atoms with E-state index in [0.29, 0.717) is 10.8 Å². The van der Waals surface area contributed by atoms with Crippen molar-refractivity contribution in [3.63, 3.8) is 0 Å². The standard InChI is InChI=1S/C27H29NO4S2/c1-3-4-5-6-7-11-19-33-25-18-17-24-26-22(15-12-16-23(25)26)20(2)28(27(24)29)32-34(30,31)21-13-9-8-10-14-21/h8-10,12-18H,2-7,11,19H2,1H3. The summed E-state index contributed by atoms with van der Waals surface area (Å²) in [6, 6.07) is 17.2. The van der Waals surface area contributed by atoms with Gasteiger partial charge in [0.2, 0.25) is 0 Å². The van der Waals surface area contributed by atoms with Crippen molar-refractivity contribution in [2.45, 2.75) is 55.2 Å². The van der Waals surface area contributed by atoms with E-state index in [9.17, 15) is 13.2 Å². The first-order chi connectivity index (χ1) is 16.4. The highest BCUT2D eigenvalue weighted by atomic mass is 32.2. The Kier molecular flexibility index (Phi) is 7.63. The van der Waals surface area contributed by atoms with Crippen molar-refractivity contribution in [1.82, 2.24) is 4.73 Å². The maximum absolute atomic E-state index is 13.3. The summed E-state index contributed by atoms with van der Waals surface area (Å²) in [5, 5.41) is 3.08. The van der Waals surface area contributed by atoms with Gasteiger partial charge < -0.3 is 0 Å². The molecule has 3 aromatic carbocycles. The van der Waals surface area contributed by atoms with Crippen molar-refractivity contribution in [1.29, 1.82) is 0 Å². The van der Waals surface area contributed by atoms with Crippen LogP contribution in [0.15, 0.2) is 75.2 Å². The lowest BCUT2D eigenvalue weighted by atomic mass is 10.0. The van der Waals surface area contributed by atoms with Crippen LogP contribution < -0.4 is 15.2 Å². The molecule has 5 nitrogen and oxygen atoms in total. The minimum absolute atomic E-state index is 0.0268. The average molecular weight is 496 g/mol. The maximum atomic E-state index is 13.3. The fraction of sp³-hybridized carbons (Fsp3) is 0.296. The Morgan fingerprint density at radius 1 is 0.853 bits per heavy atom. The lowest BCUT2D eigenvalue weighted by Gasteiger charge is -2.15. The Labute approximate surface area is 204 Å². The van der Waals surface area contributed by atoms with Gasteiger partial charge in [0.25, 0.3) is 5.56 Å². The van der Waals surface area contributed by atoms with Crippen molar-refractivity contribution in [3.8, 4) is 0 Å². The number of thioether (sulfide) groups is 1. The molecule has 0 aliphatic carbocycles. The van der Waals surface area contributed by atoms with Crippen LogP contribution in [0.2, 0.25) is 0 Å². The minimum atomic E-state index is -4.19. The van der Waals surface area contributed by atoms with Gasteiger partial charge in [-0.1, -0.05) is 82.0 Å². The predicted octanol–water partition coefficient (Wildman–Crippen LogP) is 5.55. The van der Waals surface area contributed by atoms with Gasteiger partial charge in [-0.15, -0.1) is 16.5 Å². The largest absolute Gasteiger partial charge is 0.357 e. The molecule has 4 aromatic rings. The van der Waals surface area contributed by atoms with E-state index < -0.39 is 15.7 Å². The molecule has 1 heterocycles. The van der Waals surface area contributed by atoms with Gasteiger partial charge in [0, 0.05) is 15.7 Å². The summed E-state index contributed by atoms with van der Waals surface area (Å²) in [7, 11) is -4.19. The van der Waals surface area contributed by atoms with E-state index in [-0.39, 0.29) is 10.2 Å². The quantitative estimate of drug-likeness (QED) is 0.201. The minimum Gasteiger partial charge on any atom is -0.280 e. The van der Waals surface area contributed by atoms with Crippen molar-refractivity contribution in [2.75, 3.05) is 5.75 Å². The van der Waals surface area contributed by atoms with Crippen molar-refractivity contribution in [3.05, 3.63) is 76.4 Å². The first-order valence-corrected chi connectivity index (χ1v) is 14.1. The topological polar surface area (TPSA) is 65.4 Å². The Bertz CT molecular complexity index is 1460. The number of unbranched alkanes of at least 4 members (excludes halogenated alkanes) is 5. The number of benzene rings is 3. The normalized spacial score (nSPS) is 11.9. The molecule has 0 spiro atoms. The third-order valence-electron chi connectivity index (χ3n) is 5.93. The molecule has 0 unspecified atom stereocenters. The zero-order chi connectivity index (χ0) is 24.1. The fourth-order valence-corrected chi connectivity index (χ4v) is 6.13. The van der Waals surface area contributed by atoms with E-state index in [4.69, 9.17) is 4.28 Å². The molecule has 1 aromatic heterocycles. The summed E-state index contributed by atoms with van der Waals surface area (Å²) in [4.78, 5) is 14.4. The molecule has 0 atom stereocenters. The van der Waals surface area contributed by atoms with Crippen LogP contribution in [0.1, 0.15) is 45.4 Å². The summed E-state index contributed by atoms with van der Waals surface area (Å²) in [5.41, 5.74) is -0.541. The van der Waals surface area contributed by atoms with E-state index in [2.05, 4.69) is 13.5 Å². The van der Waals surface area contributed by atoms with Crippen LogP contribution in [-0.2, 0) is 10.1 Å². The predicted molar refractivity (Wildman–Crippen MR) is 141 cm³/mol. The van der Waals surface area contributed by atoms with Crippen molar-refractivity contribution < 1.29 is 12.7 Å². The van der Waals surface area contributed by atoms with E-state index in [1.165, 1.54) is 44.2 Å². The van der Waals surface area contributed by atoms with E-state index >= 15 is 0 Å². The lowest BCUT2D eigenvalue weighted by molar-refractivity contribution is 0.262. The zero-order valence-electron chi connectivity index (χ0n) is 19.3. The summed E-state index contributed by atoms with van der Waals surface area (Å²) in [6.45, 7) is 6.22. The van der Waals surface area contributed by atoms with Crippen LogP contribution in [0.5, 0.6) is 0 Å². The molecule has 0 aliphatic rings. The maximum Gasteiger partial charge on any atom is 0.357 e. The molecule has 0 bridgehead atoms. The second-order valence-corrected chi connectivity index (χ2v) is 11.0. The average Bonchev–Trinajstić information content (AvgIpc) is 2.85. The van der Waals surface area contributed by atoms with Gasteiger partial charge in [-0.3, -0.25) is 9.08 Å². The van der Waals surface area contributed by atoms with E-state index in [1.807, 2.05) is 24.3 Å². The first kappa shape index (κ1) is 24.4. The molecule has 0 aliphatic heterocycles. The highest BCUT2D eigenvalue weighted by molar-refractivity contribution is 7.99. The lowest BCUT2D eigenvalue weighted by Crippen LogP contribution is -2.40. The Balaban J connectivity index is 1.66. The molecule has 0 saturated carbocycles. The van der Waals surface area contributed by atoms with Gasteiger partial charge in [0.05, 0.1) is 10.7 Å². The second-order valence-electron chi connectivity index (χ2n) is 8.34.